The van der Waals surface area contributed by atoms with Crippen LogP contribution in [-0.4, -0.2) is 16.2 Å². The van der Waals surface area contributed by atoms with Gasteiger partial charge < -0.3 is 14.5 Å². The Hall–Kier alpha value is -5.55. The molecule has 3 heterocycles. The quantitative estimate of drug-likeness (QED) is 0.193. The second-order valence-corrected chi connectivity index (χ2v) is 13.5. The van der Waals surface area contributed by atoms with Crippen LogP contribution < -0.4 is 14.5 Å². The normalized spacial score (nSPS) is 13.0. The van der Waals surface area contributed by atoms with Gasteiger partial charge in [-0.1, -0.05) is 69.3 Å². The summed E-state index contributed by atoms with van der Waals surface area (Å²) >= 11 is 0. The Morgan fingerprint density at radius 2 is 1.26 bits per heavy atom. The number of rotatable bonds is 5. The maximum absolute atomic E-state index is 6.60. The van der Waals surface area contributed by atoms with E-state index in [1.807, 2.05) is 12.3 Å². The molecule has 0 saturated heterocycles. The molecular formula is C42H38N4O. The van der Waals surface area contributed by atoms with Crippen LogP contribution in [0.25, 0.3) is 27.6 Å². The molecule has 0 amide bonds. The molecular weight excluding hydrogens is 576 g/mol. The summed E-state index contributed by atoms with van der Waals surface area (Å²) in [5, 5.41) is 2.37. The molecule has 2 aromatic heterocycles. The van der Waals surface area contributed by atoms with E-state index in [4.69, 9.17) is 9.72 Å². The van der Waals surface area contributed by atoms with Crippen molar-refractivity contribution in [3.63, 3.8) is 0 Å². The van der Waals surface area contributed by atoms with Crippen molar-refractivity contribution in [2.75, 3.05) is 16.5 Å². The van der Waals surface area contributed by atoms with E-state index in [1.54, 1.807) is 0 Å². The maximum Gasteiger partial charge on any atom is 0.137 e. The first-order chi connectivity index (χ1) is 22.7. The average Bonchev–Trinajstić information content (AvgIpc) is 3.62. The molecule has 0 N–H and O–H groups in total. The molecule has 0 bridgehead atoms. The summed E-state index contributed by atoms with van der Waals surface area (Å²) in [5.74, 6) is 2.48. The number of hydrogen-bond acceptors (Lipinski definition) is 4. The lowest BCUT2D eigenvalue weighted by Gasteiger charge is -2.25. The molecule has 0 radical (unpaired) electrons. The second-order valence-electron chi connectivity index (χ2n) is 13.5. The SMILES string of the molecule is Cc1cnc(-n2c3ccccc3c3ccc(Oc4cccc(N5CN(c6cccc(C(C)(C)C)c6)c6ccccc65)c4)cc32)cc1C. The standard InChI is InChI=1S/C42H38N4O/c1-28-22-41(43-26-29(28)2)46-37-17-7-6-16-35(37)36-21-20-34(25-40(36)46)47-33-15-11-14-32(24-33)45-27-44(38-18-8-9-19-39(38)45)31-13-10-12-30(23-31)42(3,4)5/h6-26H,27H2,1-5H3. The maximum atomic E-state index is 6.60. The highest BCUT2D eigenvalue weighted by Gasteiger charge is 2.28. The van der Waals surface area contributed by atoms with Gasteiger partial charge in [0.15, 0.2) is 0 Å². The topological polar surface area (TPSA) is 33.5 Å². The summed E-state index contributed by atoms with van der Waals surface area (Å²) in [6, 6.07) is 43.0. The van der Waals surface area contributed by atoms with Crippen molar-refractivity contribution in [1.29, 1.82) is 0 Å². The van der Waals surface area contributed by atoms with Crippen molar-refractivity contribution < 1.29 is 4.74 Å². The number of anilines is 4. The average molecular weight is 615 g/mol. The third-order valence-corrected chi connectivity index (χ3v) is 9.37. The number of aromatic nitrogens is 2. The molecule has 8 rings (SSSR count). The molecule has 0 aliphatic carbocycles. The van der Waals surface area contributed by atoms with E-state index in [0.29, 0.717) is 6.67 Å². The van der Waals surface area contributed by atoms with E-state index in [1.165, 1.54) is 44.5 Å². The fourth-order valence-electron chi connectivity index (χ4n) is 6.64. The van der Waals surface area contributed by atoms with Gasteiger partial charge in [-0.3, -0.25) is 4.57 Å². The number of fused-ring (bicyclic) bond motifs is 4. The predicted molar refractivity (Wildman–Crippen MR) is 195 cm³/mol. The van der Waals surface area contributed by atoms with E-state index in [9.17, 15) is 0 Å². The number of pyridine rings is 1. The molecule has 0 spiro atoms. The van der Waals surface area contributed by atoms with Crippen LogP contribution in [0.4, 0.5) is 22.7 Å². The second kappa shape index (κ2) is 11.1. The molecule has 232 valence electrons. The number of nitrogens with zero attached hydrogens (tertiary/aromatic N) is 4. The summed E-state index contributed by atoms with van der Waals surface area (Å²) in [6.45, 7) is 11.7. The summed E-state index contributed by atoms with van der Waals surface area (Å²) in [4.78, 5) is 9.58. The van der Waals surface area contributed by atoms with E-state index >= 15 is 0 Å². The summed E-state index contributed by atoms with van der Waals surface area (Å²) in [6.07, 6.45) is 1.95. The number of benzene rings is 5. The zero-order chi connectivity index (χ0) is 32.3. The van der Waals surface area contributed by atoms with Crippen LogP contribution in [0.15, 0.2) is 128 Å². The number of ether oxygens (including phenoxy) is 1. The van der Waals surface area contributed by atoms with Gasteiger partial charge in [-0.25, -0.2) is 4.98 Å². The first kappa shape index (κ1) is 28.9. The van der Waals surface area contributed by atoms with Crippen LogP contribution in [0.5, 0.6) is 11.5 Å². The Balaban J connectivity index is 1.15. The van der Waals surface area contributed by atoms with Gasteiger partial charge in [-0.05, 0) is 96.6 Å². The van der Waals surface area contributed by atoms with E-state index in [2.05, 4.69) is 164 Å². The van der Waals surface area contributed by atoms with Gasteiger partial charge >= 0.3 is 0 Å². The molecule has 0 fully saturated rings. The molecule has 1 aliphatic heterocycles. The number of hydrogen-bond donors (Lipinski definition) is 0. The van der Waals surface area contributed by atoms with Crippen molar-refractivity contribution in [3.05, 3.63) is 144 Å². The lowest BCUT2D eigenvalue weighted by atomic mass is 9.87. The minimum absolute atomic E-state index is 0.0770. The first-order valence-corrected chi connectivity index (χ1v) is 16.2. The molecule has 0 unspecified atom stereocenters. The van der Waals surface area contributed by atoms with Crippen LogP contribution in [0, 0.1) is 13.8 Å². The van der Waals surface area contributed by atoms with Gasteiger partial charge in [0.1, 0.15) is 24.0 Å². The van der Waals surface area contributed by atoms with Gasteiger partial charge in [-0.15, -0.1) is 0 Å². The summed E-state index contributed by atoms with van der Waals surface area (Å²) in [5.41, 5.74) is 10.6. The molecule has 0 atom stereocenters. The van der Waals surface area contributed by atoms with Gasteiger partial charge in [-0.2, -0.15) is 0 Å². The Kier molecular flexibility index (Phi) is 6.80. The van der Waals surface area contributed by atoms with Gasteiger partial charge in [0.2, 0.25) is 0 Å². The van der Waals surface area contributed by atoms with Crippen molar-refractivity contribution in [2.45, 2.75) is 40.0 Å². The lowest BCUT2D eigenvalue weighted by molar-refractivity contribution is 0.483. The van der Waals surface area contributed by atoms with Gasteiger partial charge in [0.25, 0.3) is 0 Å². The van der Waals surface area contributed by atoms with Crippen molar-refractivity contribution in [2.24, 2.45) is 0 Å². The van der Waals surface area contributed by atoms with Crippen LogP contribution >= 0.6 is 0 Å². The lowest BCUT2D eigenvalue weighted by Crippen LogP contribution is -2.24. The fourth-order valence-corrected chi connectivity index (χ4v) is 6.64. The third kappa shape index (κ3) is 5.08. The summed E-state index contributed by atoms with van der Waals surface area (Å²) < 4.78 is 8.84. The third-order valence-electron chi connectivity index (χ3n) is 9.37. The molecule has 5 nitrogen and oxygen atoms in total. The molecule has 5 heteroatoms. The van der Waals surface area contributed by atoms with Gasteiger partial charge in [0, 0.05) is 40.5 Å². The van der Waals surface area contributed by atoms with Crippen molar-refractivity contribution in [1.82, 2.24) is 9.55 Å². The highest BCUT2D eigenvalue weighted by atomic mass is 16.5. The largest absolute Gasteiger partial charge is 0.457 e. The van der Waals surface area contributed by atoms with E-state index in [-0.39, 0.29) is 5.41 Å². The van der Waals surface area contributed by atoms with Crippen LogP contribution in [0.2, 0.25) is 0 Å². The smallest absolute Gasteiger partial charge is 0.137 e. The summed E-state index contributed by atoms with van der Waals surface area (Å²) in [7, 11) is 0. The van der Waals surface area contributed by atoms with Crippen LogP contribution in [-0.2, 0) is 5.41 Å². The van der Waals surface area contributed by atoms with Crippen molar-refractivity contribution in [3.8, 4) is 17.3 Å². The minimum atomic E-state index is 0.0770. The first-order valence-electron chi connectivity index (χ1n) is 16.2. The zero-order valence-electron chi connectivity index (χ0n) is 27.5. The fraction of sp³-hybridized carbons (Fsp3) is 0.167. The van der Waals surface area contributed by atoms with Crippen LogP contribution in [0.3, 0.4) is 0 Å². The molecule has 0 saturated carbocycles. The number of aryl methyl sites for hydroxylation is 2. The highest BCUT2D eigenvalue weighted by molar-refractivity contribution is 6.09. The minimum Gasteiger partial charge on any atom is -0.457 e. The Morgan fingerprint density at radius 3 is 2.00 bits per heavy atom. The monoisotopic (exact) mass is 614 g/mol. The van der Waals surface area contributed by atoms with E-state index in [0.717, 1.165) is 34.0 Å². The van der Waals surface area contributed by atoms with E-state index < -0.39 is 0 Å². The number of para-hydroxylation sites is 3. The Morgan fingerprint density at radius 1 is 0.596 bits per heavy atom. The highest BCUT2D eigenvalue weighted by Crippen LogP contribution is 2.45. The Bertz CT molecular complexity index is 2290. The Labute approximate surface area is 276 Å². The molecule has 47 heavy (non-hydrogen) atoms. The van der Waals surface area contributed by atoms with Gasteiger partial charge in [0.05, 0.1) is 22.4 Å². The zero-order valence-corrected chi connectivity index (χ0v) is 27.5. The van der Waals surface area contributed by atoms with Crippen LogP contribution in [0.1, 0.15) is 37.5 Å². The molecule has 5 aromatic carbocycles. The predicted octanol–water partition coefficient (Wildman–Crippen LogP) is 11.1. The molecule has 7 aromatic rings. The molecule has 1 aliphatic rings. The van der Waals surface area contributed by atoms with Crippen molar-refractivity contribution >= 4 is 44.6 Å².